The molecule has 0 aliphatic rings. The maximum atomic E-state index is 13.2. The first-order chi connectivity index (χ1) is 5.70. The highest BCUT2D eigenvalue weighted by Gasteiger charge is 2.10. The van der Waals surface area contributed by atoms with Crippen LogP contribution in [0.3, 0.4) is 0 Å². The van der Waals surface area contributed by atoms with E-state index >= 15 is 0 Å². The third-order valence-corrected chi connectivity index (χ3v) is 2.90. The third-order valence-electron chi connectivity index (χ3n) is 1.62. The monoisotopic (exact) mass is 202 g/mol. The van der Waals surface area contributed by atoms with Crippen molar-refractivity contribution in [3.63, 3.8) is 0 Å². The number of fused-ring (bicyclic) bond motifs is 1. The van der Waals surface area contributed by atoms with Crippen LogP contribution in [0.5, 0.6) is 0 Å². The van der Waals surface area contributed by atoms with Crippen LogP contribution in [0, 0.1) is 11.6 Å². The Morgan fingerprint density at radius 2 is 2.08 bits per heavy atom. The van der Waals surface area contributed by atoms with Gasteiger partial charge in [-0.05, 0) is 17.5 Å². The summed E-state index contributed by atoms with van der Waals surface area (Å²) < 4.78 is 26.7. The molecular formula is C8H4F2S2. The Morgan fingerprint density at radius 1 is 1.33 bits per heavy atom. The first kappa shape index (κ1) is 8.01. The summed E-state index contributed by atoms with van der Waals surface area (Å²) in [5.74, 6) is -1.18. The number of halogens is 2. The van der Waals surface area contributed by atoms with E-state index < -0.39 is 11.6 Å². The number of rotatable bonds is 0. The van der Waals surface area contributed by atoms with Gasteiger partial charge in [0.05, 0.1) is 4.90 Å². The number of hydrogen-bond acceptors (Lipinski definition) is 2. The van der Waals surface area contributed by atoms with Crippen molar-refractivity contribution in [2.75, 3.05) is 0 Å². The number of benzene rings is 1. The van der Waals surface area contributed by atoms with E-state index in [-0.39, 0.29) is 4.90 Å². The Morgan fingerprint density at radius 3 is 2.83 bits per heavy atom. The van der Waals surface area contributed by atoms with E-state index in [1.165, 1.54) is 17.4 Å². The summed E-state index contributed by atoms with van der Waals surface area (Å²) in [6, 6.07) is 2.92. The lowest BCUT2D eigenvalue weighted by atomic mass is 10.2. The average Bonchev–Trinajstić information content (AvgIpc) is 2.48. The summed E-state index contributed by atoms with van der Waals surface area (Å²) in [6.45, 7) is 0. The van der Waals surface area contributed by atoms with Crippen LogP contribution in [-0.4, -0.2) is 0 Å². The zero-order valence-corrected chi connectivity index (χ0v) is 7.55. The van der Waals surface area contributed by atoms with E-state index in [2.05, 4.69) is 12.6 Å². The predicted molar refractivity (Wildman–Crippen MR) is 49.0 cm³/mol. The van der Waals surface area contributed by atoms with Crippen molar-refractivity contribution in [3.05, 3.63) is 29.1 Å². The van der Waals surface area contributed by atoms with Gasteiger partial charge < -0.3 is 0 Å². The summed E-state index contributed by atoms with van der Waals surface area (Å²) in [4.78, 5) is -0.207. The van der Waals surface area contributed by atoms with Crippen LogP contribution in [0.1, 0.15) is 0 Å². The molecule has 4 heteroatoms. The summed E-state index contributed by atoms with van der Waals surface area (Å²) in [5.41, 5.74) is 0. The zero-order valence-electron chi connectivity index (χ0n) is 5.84. The van der Waals surface area contributed by atoms with Crippen molar-refractivity contribution in [3.8, 4) is 0 Å². The summed E-state index contributed by atoms with van der Waals surface area (Å²) in [7, 11) is 0. The van der Waals surface area contributed by atoms with Crippen molar-refractivity contribution in [2.45, 2.75) is 4.90 Å². The fourth-order valence-electron chi connectivity index (χ4n) is 1.03. The lowest BCUT2D eigenvalue weighted by Gasteiger charge is -1.97. The molecule has 0 aliphatic carbocycles. The quantitative estimate of drug-likeness (QED) is 0.621. The Kier molecular flexibility index (Phi) is 1.81. The standard InChI is InChI=1S/C8H4F2S2/c9-5-3-6-4(1-2-12-6)7(10)8(5)11/h1-3,11H. The fraction of sp³-hybridized carbons (Fsp3) is 0. The molecule has 1 aromatic carbocycles. The van der Waals surface area contributed by atoms with Crippen molar-refractivity contribution in [1.82, 2.24) is 0 Å². The molecular weight excluding hydrogens is 198 g/mol. The van der Waals surface area contributed by atoms with Crippen molar-refractivity contribution < 1.29 is 8.78 Å². The van der Waals surface area contributed by atoms with Gasteiger partial charge in [-0.2, -0.15) is 0 Å². The smallest absolute Gasteiger partial charge is 0.148 e. The van der Waals surface area contributed by atoms with Gasteiger partial charge in [0, 0.05) is 10.1 Å². The lowest BCUT2D eigenvalue weighted by Crippen LogP contribution is -1.83. The predicted octanol–water partition coefficient (Wildman–Crippen LogP) is 3.47. The van der Waals surface area contributed by atoms with E-state index in [9.17, 15) is 8.78 Å². The average molecular weight is 202 g/mol. The van der Waals surface area contributed by atoms with Crippen LogP contribution >= 0.6 is 24.0 Å². The number of thiol groups is 1. The molecule has 0 aliphatic heterocycles. The van der Waals surface area contributed by atoms with Crippen molar-refractivity contribution in [2.24, 2.45) is 0 Å². The summed E-state index contributed by atoms with van der Waals surface area (Å²) >= 11 is 5.03. The molecule has 62 valence electrons. The lowest BCUT2D eigenvalue weighted by molar-refractivity contribution is 0.551. The largest absolute Gasteiger partial charge is 0.206 e. The molecule has 0 spiro atoms. The van der Waals surface area contributed by atoms with Gasteiger partial charge in [-0.1, -0.05) is 0 Å². The van der Waals surface area contributed by atoms with Gasteiger partial charge in [0.1, 0.15) is 11.6 Å². The second-order valence-electron chi connectivity index (χ2n) is 2.35. The maximum Gasteiger partial charge on any atom is 0.148 e. The van der Waals surface area contributed by atoms with Gasteiger partial charge in [0.15, 0.2) is 0 Å². The van der Waals surface area contributed by atoms with Gasteiger partial charge >= 0.3 is 0 Å². The van der Waals surface area contributed by atoms with Crippen LogP contribution in [0.25, 0.3) is 10.1 Å². The number of thiophene rings is 1. The van der Waals surface area contributed by atoms with Crippen molar-refractivity contribution in [1.29, 1.82) is 0 Å². The van der Waals surface area contributed by atoms with Crippen LogP contribution < -0.4 is 0 Å². The number of hydrogen-bond donors (Lipinski definition) is 1. The van der Waals surface area contributed by atoms with E-state index in [1.54, 1.807) is 11.4 Å². The fourth-order valence-corrected chi connectivity index (χ4v) is 2.02. The maximum absolute atomic E-state index is 13.2. The molecule has 0 bridgehead atoms. The van der Waals surface area contributed by atoms with Crippen LogP contribution in [0.2, 0.25) is 0 Å². The van der Waals surface area contributed by atoms with Crippen LogP contribution in [0.15, 0.2) is 22.4 Å². The first-order valence-electron chi connectivity index (χ1n) is 3.24. The molecule has 1 heterocycles. The summed E-state index contributed by atoms with van der Waals surface area (Å²) in [5, 5.41) is 2.16. The molecule has 12 heavy (non-hydrogen) atoms. The van der Waals surface area contributed by atoms with Gasteiger partial charge in [0.2, 0.25) is 0 Å². The highest BCUT2D eigenvalue weighted by Crippen LogP contribution is 2.29. The molecule has 0 atom stereocenters. The zero-order chi connectivity index (χ0) is 8.72. The summed E-state index contributed by atoms with van der Waals surface area (Å²) in [6.07, 6.45) is 0. The van der Waals surface area contributed by atoms with Gasteiger partial charge in [0.25, 0.3) is 0 Å². The molecule has 0 saturated heterocycles. The second-order valence-corrected chi connectivity index (χ2v) is 3.75. The molecule has 0 fully saturated rings. The molecule has 2 rings (SSSR count). The van der Waals surface area contributed by atoms with Crippen LogP contribution in [0.4, 0.5) is 8.78 Å². The molecule has 0 saturated carbocycles. The molecule has 0 unspecified atom stereocenters. The topological polar surface area (TPSA) is 0 Å². The Labute approximate surface area is 77.2 Å². The normalized spacial score (nSPS) is 10.9. The Hall–Kier alpha value is -0.610. The Bertz CT molecular complexity index is 434. The van der Waals surface area contributed by atoms with Crippen LogP contribution in [-0.2, 0) is 0 Å². The van der Waals surface area contributed by atoms with Gasteiger partial charge in [-0.25, -0.2) is 8.78 Å². The molecule has 0 N–H and O–H groups in total. The van der Waals surface area contributed by atoms with Gasteiger partial charge in [-0.3, -0.25) is 0 Å². The third kappa shape index (κ3) is 1.03. The minimum atomic E-state index is -0.606. The SMILES string of the molecule is Fc1cc2sccc2c(F)c1S. The second kappa shape index (κ2) is 2.71. The molecule has 0 nitrogen and oxygen atoms in total. The van der Waals surface area contributed by atoms with E-state index in [4.69, 9.17) is 0 Å². The molecule has 0 amide bonds. The minimum absolute atomic E-state index is 0.207. The molecule has 1 aromatic heterocycles. The van der Waals surface area contributed by atoms with Crippen molar-refractivity contribution >= 4 is 34.1 Å². The van der Waals surface area contributed by atoms with E-state index in [0.29, 0.717) is 10.1 Å². The van der Waals surface area contributed by atoms with E-state index in [1.807, 2.05) is 0 Å². The van der Waals surface area contributed by atoms with Gasteiger partial charge in [-0.15, -0.1) is 24.0 Å². The highest BCUT2D eigenvalue weighted by atomic mass is 32.1. The van der Waals surface area contributed by atoms with E-state index in [0.717, 1.165) is 0 Å². The first-order valence-corrected chi connectivity index (χ1v) is 4.57. The highest BCUT2D eigenvalue weighted by molar-refractivity contribution is 7.80. The molecule has 0 radical (unpaired) electrons. The molecule has 2 aromatic rings. The minimum Gasteiger partial charge on any atom is -0.206 e. The Balaban J connectivity index is 2.94.